The molecule has 4 heterocycles. The van der Waals surface area contributed by atoms with Gasteiger partial charge in [-0.05, 0) is 55.8 Å². The highest BCUT2D eigenvalue weighted by Crippen LogP contribution is 2.37. The average molecular weight is 470 g/mol. The Morgan fingerprint density at radius 1 is 1.20 bits per heavy atom. The predicted octanol–water partition coefficient (Wildman–Crippen LogP) is 4.72. The number of aromatic nitrogens is 4. The maximum Gasteiger partial charge on any atom is 0.251 e. The molecule has 0 unspecified atom stereocenters. The van der Waals surface area contributed by atoms with Crippen LogP contribution in [0, 0.1) is 11.3 Å². The Morgan fingerprint density at radius 2 is 1.94 bits per heavy atom. The van der Waals surface area contributed by atoms with E-state index in [4.69, 9.17) is 0 Å². The van der Waals surface area contributed by atoms with Gasteiger partial charge in [-0.15, -0.1) is 0 Å². The Morgan fingerprint density at radius 3 is 2.63 bits per heavy atom. The van der Waals surface area contributed by atoms with Crippen LogP contribution in [0.2, 0.25) is 0 Å². The number of pyridine rings is 1. The van der Waals surface area contributed by atoms with Crippen LogP contribution >= 0.6 is 0 Å². The highest BCUT2D eigenvalue weighted by atomic mass is 16.1. The number of nitrogens with one attached hydrogen (secondary N) is 2. The lowest BCUT2D eigenvalue weighted by Gasteiger charge is -2.50. The van der Waals surface area contributed by atoms with Crippen molar-refractivity contribution in [2.75, 3.05) is 18.0 Å². The van der Waals surface area contributed by atoms with Crippen LogP contribution in [0.3, 0.4) is 0 Å². The number of rotatable bonds is 6. The zero-order valence-electron chi connectivity index (χ0n) is 20.6. The number of hydrogen-bond donors (Lipinski definition) is 2. The van der Waals surface area contributed by atoms with Crippen LogP contribution in [0.1, 0.15) is 44.5 Å². The first-order valence-electron chi connectivity index (χ1n) is 12.0. The smallest absolute Gasteiger partial charge is 0.251 e. The fourth-order valence-electron chi connectivity index (χ4n) is 4.43. The number of fused-ring (bicyclic) bond motifs is 1. The van der Waals surface area contributed by atoms with Crippen LogP contribution in [0.5, 0.6) is 0 Å². The third kappa shape index (κ3) is 4.62. The van der Waals surface area contributed by atoms with Gasteiger partial charge in [-0.25, -0.2) is 4.98 Å². The quantitative estimate of drug-likeness (QED) is 0.425. The Balaban J connectivity index is 0.00000141. The predicted molar refractivity (Wildman–Crippen MR) is 138 cm³/mol. The van der Waals surface area contributed by atoms with Crippen molar-refractivity contribution in [2.24, 2.45) is 0 Å². The van der Waals surface area contributed by atoms with Crippen molar-refractivity contribution in [2.45, 2.75) is 45.7 Å². The second-order valence-corrected chi connectivity index (χ2v) is 8.86. The fourth-order valence-corrected chi connectivity index (χ4v) is 4.43. The van der Waals surface area contributed by atoms with Crippen LogP contribution in [0.25, 0.3) is 22.2 Å². The molecule has 3 aromatic heterocycles. The number of benzene rings is 1. The molecule has 1 aromatic carbocycles. The van der Waals surface area contributed by atoms with Gasteiger partial charge in [0.25, 0.3) is 5.91 Å². The molecule has 35 heavy (non-hydrogen) atoms. The summed E-state index contributed by atoms with van der Waals surface area (Å²) < 4.78 is 1.94. The molecule has 5 rings (SSSR count). The van der Waals surface area contributed by atoms with Crippen LogP contribution < -0.4 is 10.2 Å². The minimum atomic E-state index is -0.384. The molecule has 1 aliphatic heterocycles. The lowest BCUT2D eigenvalue weighted by molar-refractivity contribution is 0.0943. The molecular formula is C27H31N7O. The van der Waals surface area contributed by atoms with Crippen LogP contribution in [0.4, 0.5) is 5.69 Å². The minimum absolute atomic E-state index is 0.0734. The van der Waals surface area contributed by atoms with Crippen molar-refractivity contribution >= 4 is 22.6 Å². The first-order valence-corrected chi connectivity index (χ1v) is 12.0. The summed E-state index contributed by atoms with van der Waals surface area (Å²) in [6.45, 7) is 9.24. The zero-order valence-corrected chi connectivity index (χ0v) is 20.6. The van der Waals surface area contributed by atoms with Crippen LogP contribution in [-0.2, 0) is 5.54 Å². The van der Waals surface area contributed by atoms with Gasteiger partial charge < -0.3 is 15.2 Å². The van der Waals surface area contributed by atoms with Gasteiger partial charge in [-0.3, -0.25) is 9.48 Å². The summed E-state index contributed by atoms with van der Waals surface area (Å²) in [5.41, 5.74) is 4.18. The molecule has 0 atom stereocenters. The van der Waals surface area contributed by atoms with E-state index in [1.54, 1.807) is 6.20 Å². The molecule has 0 spiro atoms. The Labute approximate surface area is 205 Å². The Bertz CT molecular complexity index is 1340. The van der Waals surface area contributed by atoms with E-state index in [0.717, 1.165) is 27.8 Å². The molecule has 0 aliphatic carbocycles. The molecule has 0 radical (unpaired) electrons. The summed E-state index contributed by atoms with van der Waals surface area (Å²) >= 11 is 0. The maximum atomic E-state index is 12.2. The normalized spacial score (nSPS) is 14.1. The lowest BCUT2D eigenvalue weighted by atomic mass is 9.86. The second-order valence-electron chi connectivity index (χ2n) is 8.86. The number of nitrogens with zero attached hydrogens (tertiary/aromatic N) is 5. The van der Waals surface area contributed by atoms with Gasteiger partial charge >= 0.3 is 0 Å². The zero-order chi connectivity index (χ0) is 25.0. The summed E-state index contributed by atoms with van der Waals surface area (Å²) in [7, 11) is 0. The van der Waals surface area contributed by atoms with Gasteiger partial charge in [-0.2, -0.15) is 10.4 Å². The molecule has 1 aliphatic rings. The summed E-state index contributed by atoms with van der Waals surface area (Å²) in [6, 6.07) is 14.0. The average Bonchev–Trinajstić information content (AvgIpc) is 3.52. The number of carbonyl (C=O) groups excluding carboxylic acids is 1. The number of anilines is 1. The van der Waals surface area contributed by atoms with Crippen molar-refractivity contribution in [3.8, 4) is 17.2 Å². The van der Waals surface area contributed by atoms with E-state index >= 15 is 0 Å². The Hall–Kier alpha value is -4.12. The topological polar surface area (TPSA) is 103 Å². The molecular weight excluding hydrogens is 438 g/mol. The van der Waals surface area contributed by atoms with E-state index in [9.17, 15) is 10.1 Å². The van der Waals surface area contributed by atoms with Crippen molar-refractivity contribution < 1.29 is 4.79 Å². The number of H-pyrrole nitrogens is 1. The number of amides is 1. The van der Waals surface area contributed by atoms with Crippen molar-refractivity contribution in [1.82, 2.24) is 25.1 Å². The molecule has 2 N–H and O–H groups in total. The Kier molecular flexibility index (Phi) is 6.87. The van der Waals surface area contributed by atoms with Gasteiger partial charge in [0.1, 0.15) is 11.2 Å². The van der Waals surface area contributed by atoms with E-state index in [1.807, 2.05) is 87.4 Å². The molecule has 8 heteroatoms. The highest BCUT2D eigenvalue weighted by molar-refractivity contribution is 5.94. The molecule has 1 fully saturated rings. The van der Waals surface area contributed by atoms with E-state index in [0.29, 0.717) is 25.1 Å². The molecule has 8 nitrogen and oxygen atoms in total. The van der Waals surface area contributed by atoms with Crippen molar-refractivity contribution in [1.29, 1.82) is 5.26 Å². The molecule has 1 amide bonds. The van der Waals surface area contributed by atoms with Gasteiger partial charge in [-0.1, -0.05) is 13.8 Å². The van der Waals surface area contributed by atoms with Crippen LogP contribution in [0.15, 0.2) is 61.2 Å². The van der Waals surface area contributed by atoms with Gasteiger partial charge in [0.2, 0.25) is 0 Å². The van der Waals surface area contributed by atoms with Gasteiger partial charge in [0.05, 0.1) is 18.7 Å². The summed E-state index contributed by atoms with van der Waals surface area (Å²) in [5.74, 6) is -0.0734. The van der Waals surface area contributed by atoms with Crippen molar-refractivity contribution in [3.63, 3.8) is 0 Å². The lowest BCUT2D eigenvalue weighted by Crippen LogP contribution is -2.63. The standard InChI is InChI=1S/C25H25N7O.C2H6/c1-17(2)30-24(33)18-3-5-20(6-4-18)31-15-25(16-31,9-10-26)32-14-19(13-29-32)21-7-11-27-23-22(21)8-12-28-23;1-2/h3-8,11-14,17H,9,15-16H2,1-2H3,(H,27,28)(H,30,33);1-2H3. The number of aromatic amines is 1. The first kappa shape index (κ1) is 24.0. The minimum Gasteiger partial charge on any atom is -0.366 e. The summed E-state index contributed by atoms with van der Waals surface area (Å²) in [6.07, 6.45) is 7.91. The van der Waals surface area contributed by atoms with E-state index in [1.165, 1.54) is 0 Å². The SMILES string of the molecule is CC.CC(C)NC(=O)c1ccc(N2CC(CC#N)(n3cc(-c4ccnc5[nH]ccc45)cn3)C2)cc1. The first-order chi connectivity index (χ1) is 17.0. The van der Waals surface area contributed by atoms with E-state index < -0.39 is 0 Å². The maximum absolute atomic E-state index is 12.2. The van der Waals surface area contributed by atoms with Crippen LogP contribution in [-0.4, -0.2) is 44.8 Å². The monoisotopic (exact) mass is 469 g/mol. The molecule has 0 bridgehead atoms. The fraction of sp³-hybridized carbons (Fsp3) is 0.333. The molecule has 0 saturated carbocycles. The number of hydrogen-bond acceptors (Lipinski definition) is 5. The summed E-state index contributed by atoms with van der Waals surface area (Å²) in [5, 5.41) is 18.1. The second kappa shape index (κ2) is 10.0. The third-order valence-corrected chi connectivity index (χ3v) is 6.13. The van der Waals surface area contributed by atoms with Gasteiger partial charge in [0, 0.05) is 59.9 Å². The largest absolute Gasteiger partial charge is 0.366 e. The highest BCUT2D eigenvalue weighted by Gasteiger charge is 2.45. The van der Waals surface area contributed by atoms with Crippen molar-refractivity contribution in [3.05, 3.63) is 66.7 Å². The number of nitriles is 1. The number of carbonyl (C=O) groups is 1. The van der Waals surface area contributed by atoms with Gasteiger partial charge in [0.15, 0.2) is 0 Å². The van der Waals surface area contributed by atoms with E-state index in [-0.39, 0.29) is 17.5 Å². The third-order valence-electron chi connectivity index (χ3n) is 6.13. The molecule has 1 saturated heterocycles. The van der Waals surface area contributed by atoms with E-state index in [2.05, 4.69) is 31.4 Å². The molecule has 180 valence electrons. The summed E-state index contributed by atoms with van der Waals surface area (Å²) in [4.78, 5) is 21.9. The molecule has 4 aromatic rings.